The fourth-order valence-corrected chi connectivity index (χ4v) is 4.29. The third kappa shape index (κ3) is 3.07. The molecule has 0 spiro atoms. The maximum Gasteiger partial charge on any atom is 0.244 e. The lowest BCUT2D eigenvalue weighted by Crippen LogP contribution is -2.35. The summed E-state index contributed by atoms with van der Waals surface area (Å²) < 4.78 is 28.8. The minimum absolute atomic E-state index is 0.164. The van der Waals surface area contributed by atoms with E-state index < -0.39 is 10.0 Å². The van der Waals surface area contributed by atoms with Gasteiger partial charge in [-0.05, 0) is 25.5 Å². The molecule has 1 aromatic heterocycles. The maximum atomic E-state index is 12.7. The van der Waals surface area contributed by atoms with Crippen molar-refractivity contribution in [1.29, 1.82) is 0 Å². The van der Waals surface area contributed by atoms with Gasteiger partial charge in [0, 0.05) is 38.6 Å². The topological polar surface area (TPSA) is 54.3 Å². The molecular formula is C14H25N3O2S. The van der Waals surface area contributed by atoms with E-state index in [9.17, 15) is 8.42 Å². The van der Waals surface area contributed by atoms with E-state index in [-0.39, 0.29) is 6.04 Å². The van der Waals surface area contributed by atoms with E-state index in [2.05, 4.69) is 5.32 Å². The summed E-state index contributed by atoms with van der Waals surface area (Å²) in [6, 6.07) is 1.95. The standard InChI is InChI=1S/C14H25N3O2S/c1-4-15-10-13-9-14(11-16(13)2)20(18,19)17(3)12-7-5-6-8-12/h9,11-12,15H,4-8,10H2,1-3H3. The highest BCUT2D eigenvalue weighted by Crippen LogP contribution is 2.27. The van der Waals surface area contributed by atoms with Crippen LogP contribution in [0.2, 0.25) is 0 Å². The number of aryl methyl sites for hydroxylation is 1. The van der Waals surface area contributed by atoms with E-state index in [0.29, 0.717) is 11.4 Å². The van der Waals surface area contributed by atoms with Gasteiger partial charge in [-0.1, -0.05) is 19.8 Å². The Morgan fingerprint density at radius 1 is 1.40 bits per heavy atom. The van der Waals surface area contributed by atoms with Crippen LogP contribution >= 0.6 is 0 Å². The van der Waals surface area contributed by atoms with E-state index in [4.69, 9.17) is 0 Å². The highest BCUT2D eigenvalue weighted by molar-refractivity contribution is 7.89. The molecule has 2 rings (SSSR count). The minimum Gasteiger partial charge on any atom is -0.352 e. The zero-order chi connectivity index (χ0) is 14.8. The van der Waals surface area contributed by atoms with Gasteiger partial charge in [-0.3, -0.25) is 0 Å². The van der Waals surface area contributed by atoms with Gasteiger partial charge in [-0.2, -0.15) is 4.31 Å². The SMILES string of the molecule is CCNCc1cc(S(=O)(=O)N(C)C2CCCC2)cn1C. The van der Waals surface area contributed by atoms with Crippen LogP contribution in [0.15, 0.2) is 17.2 Å². The lowest BCUT2D eigenvalue weighted by atomic mass is 10.3. The summed E-state index contributed by atoms with van der Waals surface area (Å²) >= 11 is 0. The van der Waals surface area contributed by atoms with Crippen molar-refractivity contribution in [3.8, 4) is 0 Å². The number of nitrogens with zero attached hydrogens (tertiary/aromatic N) is 2. The van der Waals surface area contributed by atoms with Gasteiger partial charge < -0.3 is 9.88 Å². The van der Waals surface area contributed by atoms with Crippen LogP contribution in [0.25, 0.3) is 0 Å². The molecule has 0 aliphatic heterocycles. The van der Waals surface area contributed by atoms with E-state index in [1.807, 2.05) is 18.5 Å². The Hall–Kier alpha value is -0.850. The Kier molecular flexibility index (Phi) is 4.88. The molecule has 0 aromatic carbocycles. The van der Waals surface area contributed by atoms with E-state index in [1.54, 1.807) is 23.6 Å². The predicted octanol–water partition coefficient (Wildman–Crippen LogP) is 1.70. The molecule has 1 aromatic rings. The maximum absolute atomic E-state index is 12.7. The van der Waals surface area contributed by atoms with Crippen LogP contribution in [-0.4, -0.2) is 36.9 Å². The molecule has 0 unspecified atom stereocenters. The van der Waals surface area contributed by atoms with Gasteiger partial charge in [0.25, 0.3) is 0 Å². The number of hydrogen-bond donors (Lipinski definition) is 1. The molecule has 1 saturated carbocycles. The van der Waals surface area contributed by atoms with Crippen LogP contribution in [0.5, 0.6) is 0 Å². The largest absolute Gasteiger partial charge is 0.352 e. The third-order valence-corrected chi connectivity index (χ3v) is 6.03. The lowest BCUT2D eigenvalue weighted by Gasteiger charge is -2.22. The molecule has 5 nitrogen and oxygen atoms in total. The molecule has 1 heterocycles. The third-order valence-electron chi connectivity index (χ3n) is 4.15. The molecule has 0 amide bonds. The van der Waals surface area contributed by atoms with Gasteiger partial charge in [-0.25, -0.2) is 8.42 Å². The minimum atomic E-state index is -3.36. The molecule has 0 atom stereocenters. The van der Waals surface area contributed by atoms with Gasteiger partial charge in [0.15, 0.2) is 0 Å². The summed E-state index contributed by atoms with van der Waals surface area (Å²) in [6.07, 6.45) is 5.93. The Morgan fingerprint density at radius 3 is 2.65 bits per heavy atom. The smallest absolute Gasteiger partial charge is 0.244 e. The van der Waals surface area contributed by atoms with Gasteiger partial charge in [0.2, 0.25) is 10.0 Å². The lowest BCUT2D eigenvalue weighted by molar-refractivity contribution is 0.373. The van der Waals surface area contributed by atoms with Gasteiger partial charge in [0.05, 0.1) is 0 Å². The molecule has 0 radical (unpaired) electrons. The average molecular weight is 299 g/mol. The average Bonchev–Trinajstić information content (AvgIpc) is 3.05. The van der Waals surface area contributed by atoms with Crippen molar-refractivity contribution in [3.63, 3.8) is 0 Å². The second-order valence-electron chi connectivity index (χ2n) is 5.52. The monoisotopic (exact) mass is 299 g/mol. The zero-order valence-electron chi connectivity index (χ0n) is 12.6. The highest BCUT2D eigenvalue weighted by Gasteiger charge is 2.30. The quantitative estimate of drug-likeness (QED) is 0.870. The van der Waals surface area contributed by atoms with Crippen LogP contribution in [0.1, 0.15) is 38.3 Å². The summed E-state index contributed by atoms with van der Waals surface area (Å²) in [6.45, 7) is 3.60. The molecule has 1 aliphatic carbocycles. The summed E-state index contributed by atoms with van der Waals surface area (Å²) in [5.74, 6) is 0. The highest BCUT2D eigenvalue weighted by atomic mass is 32.2. The van der Waals surface area contributed by atoms with E-state index in [1.165, 1.54) is 0 Å². The van der Waals surface area contributed by atoms with Crippen LogP contribution in [0, 0.1) is 0 Å². The molecule has 0 saturated heterocycles. The van der Waals surface area contributed by atoms with Crippen LogP contribution in [0.3, 0.4) is 0 Å². The fourth-order valence-electron chi connectivity index (χ4n) is 2.78. The van der Waals surface area contributed by atoms with Crippen molar-refractivity contribution in [3.05, 3.63) is 18.0 Å². The molecule has 20 heavy (non-hydrogen) atoms. The van der Waals surface area contributed by atoms with Gasteiger partial charge >= 0.3 is 0 Å². The van der Waals surface area contributed by atoms with Crippen molar-refractivity contribution in [2.45, 2.75) is 50.1 Å². The first-order valence-electron chi connectivity index (χ1n) is 7.30. The summed E-state index contributed by atoms with van der Waals surface area (Å²) in [4.78, 5) is 0.405. The first kappa shape index (κ1) is 15.5. The molecular weight excluding hydrogens is 274 g/mol. The second kappa shape index (κ2) is 6.28. The van der Waals surface area contributed by atoms with Crippen molar-refractivity contribution in [2.24, 2.45) is 7.05 Å². The van der Waals surface area contributed by atoms with Crippen molar-refractivity contribution in [1.82, 2.24) is 14.2 Å². The van der Waals surface area contributed by atoms with Crippen molar-refractivity contribution >= 4 is 10.0 Å². The summed E-state index contributed by atoms with van der Waals surface area (Å²) in [5, 5.41) is 3.23. The first-order chi connectivity index (χ1) is 9.46. The van der Waals surface area contributed by atoms with Gasteiger partial charge in [-0.15, -0.1) is 0 Å². The fraction of sp³-hybridized carbons (Fsp3) is 0.714. The number of hydrogen-bond acceptors (Lipinski definition) is 3. The molecule has 6 heteroatoms. The van der Waals surface area contributed by atoms with Crippen molar-refractivity contribution in [2.75, 3.05) is 13.6 Å². The molecule has 1 N–H and O–H groups in total. The van der Waals surface area contributed by atoms with E-state index >= 15 is 0 Å². The zero-order valence-corrected chi connectivity index (χ0v) is 13.4. The summed E-state index contributed by atoms with van der Waals surface area (Å²) in [7, 11) is 0.236. The van der Waals surface area contributed by atoms with Crippen LogP contribution in [0.4, 0.5) is 0 Å². The normalized spacial score (nSPS) is 17.2. The van der Waals surface area contributed by atoms with Gasteiger partial charge in [0.1, 0.15) is 4.90 Å². The Morgan fingerprint density at radius 2 is 2.05 bits per heavy atom. The Labute approximate surface area is 122 Å². The number of rotatable bonds is 6. The number of sulfonamides is 1. The first-order valence-corrected chi connectivity index (χ1v) is 8.74. The summed E-state index contributed by atoms with van der Waals surface area (Å²) in [5.41, 5.74) is 0.991. The van der Waals surface area contributed by atoms with Crippen LogP contribution < -0.4 is 5.32 Å². The molecule has 1 fully saturated rings. The van der Waals surface area contributed by atoms with Crippen LogP contribution in [-0.2, 0) is 23.6 Å². The van der Waals surface area contributed by atoms with Crippen molar-refractivity contribution < 1.29 is 8.42 Å². The van der Waals surface area contributed by atoms with E-state index in [0.717, 1.165) is 37.9 Å². The molecule has 0 bridgehead atoms. The molecule has 114 valence electrons. The number of aromatic nitrogens is 1. The molecule has 1 aliphatic rings. The Bertz CT molecular complexity index is 545. The number of nitrogens with one attached hydrogen (secondary N) is 1. The predicted molar refractivity (Wildman–Crippen MR) is 80.0 cm³/mol. The Balaban J connectivity index is 2.20. The second-order valence-corrected chi connectivity index (χ2v) is 7.52.